The Morgan fingerprint density at radius 3 is 3.12 bits per heavy atom. The molecule has 2 heterocycles. The molecule has 1 fully saturated rings. The second kappa shape index (κ2) is 5.21. The minimum Gasteiger partial charge on any atom is -0.494 e. The first kappa shape index (κ1) is 11.3. The van der Waals surface area contributed by atoms with Gasteiger partial charge in [-0.1, -0.05) is 0 Å². The van der Waals surface area contributed by atoms with E-state index in [-0.39, 0.29) is 24.2 Å². The predicted molar refractivity (Wildman–Crippen MR) is 56.4 cm³/mol. The summed E-state index contributed by atoms with van der Waals surface area (Å²) in [7, 11) is 0. The van der Waals surface area contributed by atoms with Crippen molar-refractivity contribution in [2.24, 2.45) is 5.92 Å². The van der Waals surface area contributed by atoms with Crippen molar-refractivity contribution in [1.29, 1.82) is 0 Å². The lowest BCUT2D eigenvalue weighted by atomic mass is 9.99. The standard InChI is InChI=1S/C11H17NO4/c13-7-9-2-1-3-12(6-9)11(14)10-8-15-4-5-16-10/h8-9,13H,1-7H2. The molecule has 1 unspecified atom stereocenters. The zero-order valence-corrected chi connectivity index (χ0v) is 9.22. The molecule has 2 rings (SSSR count). The SMILES string of the molecule is O=C(C1=COCCO1)N1CCCC(CO)C1. The molecule has 0 radical (unpaired) electrons. The fourth-order valence-electron chi connectivity index (χ4n) is 2.03. The summed E-state index contributed by atoms with van der Waals surface area (Å²) >= 11 is 0. The van der Waals surface area contributed by atoms with Crippen molar-refractivity contribution in [3.63, 3.8) is 0 Å². The topological polar surface area (TPSA) is 59.0 Å². The Balaban J connectivity index is 1.95. The smallest absolute Gasteiger partial charge is 0.292 e. The molecule has 0 saturated carbocycles. The van der Waals surface area contributed by atoms with E-state index >= 15 is 0 Å². The van der Waals surface area contributed by atoms with Gasteiger partial charge in [0.15, 0.2) is 0 Å². The van der Waals surface area contributed by atoms with Gasteiger partial charge < -0.3 is 19.5 Å². The van der Waals surface area contributed by atoms with E-state index in [1.165, 1.54) is 6.26 Å². The second-order valence-corrected chi connectivity index (χ2v) is 4.14. The lowest BCUT2D eigenvalue weighted by molar-refractivity contribution is -0.134. The quantitative estimate of drug-likeness (QED) is 0.727. The van der Waals surface area contributed by atoms with Crippen LogP contribution < -0.4 is 0 Å². The first-order valence-corrected chi connectivity index (χ1v) is 5.66. The van der Waals surface area contributed by atoms with Crippen molar-refractivity contribution >= 4 is 5.91 Å². The molecule has 0 bridgehead atoms. The van der Waals surface area contributed by atoms with Crippen LogP contribution in [0, 0.1) is 5.92 Å². The minimum absolute atomic E-state index is 0.127. The number of rotatable bonds is 2. The summed E-state index contributed by atoms with van der Waals surface area (Å²) < 4.78 is 10.3. The molecule has 5 nitrogen and oxygen atoms in total. The van der Waals surface area contributed by atoms with Gasteiger partial charge in [0, 0.05) is 19.7 Å². The third-order valence-corrected chi connectivity index (χ3v) is 2.92. The summed E-state index contributed by atoms with van der Waals surface area (Å²) in [4.78, 5) is 13.7. The number of amides is 1. The molecular formula is C11H17NO4. The number of nitrogens with zero attached hydrogens (tertiary/aromatic N) is 1. The van der Waals surface area contributed by atoms with Crippen LogP contribution in [0.5, 0.6) is 0 Å². The first-order chi connectivity index (χ1) is 7.81. The number of hydrogen-bond donors (Lipinski definition) is 1. The van der Waals surface area contributed by atoms with E-state index in [1.807, 2.05) is 0 Å². The zero-order chi connectivity index (χ0) is 11.4. The number of hydrogen-bond acceptors (Lipinski definition) is 4. The molecule has 0 aromatic carbocycles. The van der Waals surface area contributed by atoms with E-state index in [0.717, 1.165) is 19.4 Å². The lowest BCUT2D eigenvalue weighted by Gasteiger charge is -2.32. The van der Waals surface area contributed by atoms with Gasteiger partial charge in [0.1, 0.15) is 19.5 Å². The highest BCUT2D eigenvalue weighted by molar-refractivity contribution is 5.91. The summed E-state index contributed by atoms with van der Waals surface area (Å²) in [6.45, 7) is 2.40. The van der Waals surface area contributed by atoms with Crippen LogP contribution in [0.4, 0.5) is 0 Å². The van der Waals surface area contributed by atoms with Gasteiger partial charge in [-0.15, -0.1) is 0 Å². The van der Waals surface area contributed by atoms with Gasteiger partial charge >= 0.3 is 0 Å². The van der Waals surface area contributed by atoms with E-state index in [1.54, 1.807) is 4.90 Å². The largest absolute Gasteiger partial charge is 0.494 e. The van der Waals surface area contributed by atoms with E-state index in [0.29, 0.717) is 19.8 Å². The molecule has 2 aliphatic heterocycles. The Morgan fingerprint density at radius 1 is 1.56 bits per heavy atom. The number of piperidine rings is 1. The highest BCUT2D eigenvalue weighted by atomic mass is 16.6. The van der Waals surface area contributed by atoms with Crippen molar-refractivity contribution in [1.82, 2.24) is 4.90 Å². The Kier molecular flexibility index (Phi) is 3.66. The monoisotopic (exact) mass is 227 g/mol. The van der Waals surface area contributed by atoms with E-state index in [4.69, 9.17) is 14.6 Å². The van der Waals surface area contributed by atoms with Crippen molar-refractivity contribution < 1.29 is 19.4 Å². The van der Waals surface area contributed by atoms with Crippen LogP contribution in [-0.2, 0) is 14.3 Å². The lowest BCUT2D eigenvalue weighted by Crippen LogP contribution is -2.42. The second-order valence-electron chi connectivity index (χ2n) is 4.14. The molecule has 5 heteroatoms. The summed E-state index contributed by atoms with van der Waals surface area (Å²) in [5.74, 6) is 0.352. The van der Waals surface area contributed by atoms with E-state index in [9.17, 15) is 4.79 Å². The molecule has 0 aliphatic carbocycles. The highest BCUT2D eigenvalue weighted by Gasteiger charge is 2.27. The summed E-state index contributed by atoms with van der Waals surface area (Å²) in [6.07, 6.45) is 3.30. The molecule has 1 amide bonds. The summed E-state index contributed by atoms with van der Waals surface area (Å²) in [5, 5.41) is 9.09. The van der Waals surface area contributed by atoms with E-state index < -0.39 is 0 Å². The van der Waals surface area contributed by atoms with Gasteiger partial charge in [-0.2, -0.15) is 0 Å². The molecule has 0 aromatic rings. The summed E-state index contributed by atoms with van der Waals surface area (Å²) in [6, 6.07) is 0. The number of ether oxygens (including phenoxy) is 2. The minimum atomic E-state index is -0.127. The molecule has 1 N–H and O–H groups in total. The normalized spacial score (nSPS) is 25.4. The molecular weight excluding hydrogens is 210 g/mol. The number of carbonyl (C=O) groups is 1. The number of carbonyl (C=O) groups excluding carboxylic acids is 1. The van der Waals surface area contributed by atoms with Crippen LogP contribution in [-0.4, -0.2) is 48.8 Å². The fraction of sp³-hybridized carbons (Fsp3) is 0.727. The van der Waals surface area contributed by atoms with Gasteiger partial charge in [0.25, 0.3) is 5.91 Å². The van der Waals surface area contributed by atoms with Gasteiger partial charge in [-0.25, -0.2) is 0 Å². The van der Waals surface area contributed by atoms with Crippen LogP contribution in [0.15, 0.2) is 12.0 Å². The van der Waals surface area contributed by atoms with Gasteiger partial charge in [0.2, 0.25) is 5.76 Å². The van der Waals surface area contributed by atoms with Crippen molar-refractivity contribution in [3.8, 4) is 0 Å². The predicted octanol–water partition coefficient (Wildman–Crippen LogP) is 0.105. The molecule has 16 heavy (non-hydrogen) atoms. The zero-order valence-electron chi connectivity index (χ0n) is 9.22. The van der Waals surface area contributed by atoms with E-state index in [2.05, 4.69) is 0 Å². The van der Waals surface area contributed by atoms with Gasteiger partial charge in [0.05, 0.1) is 0 Å². The first-order valence-electron chi connectivity index (χ1n) is 5.66. The Morgan fingerprint density at radius 2 is 2.44 bits per heavy atom. The van der Waals surface area contributed by atoms with Crippen LogP contribution in [0.25, 0.3) is 0 Å². The third-order valence-electron chi connectivity index (χ3n) is 2.92. The average Bonchev–Trinajstić information content (AvgIpc) is 2.39. The molecule has 2 aliphatic rings. The third kappa shape index (κ3) is 2.47. The van der Waals surface area contributed by atoms with Gasteiger partial charge in [-0.05, 0) is 18.8 Å². The van der Waals surface area contributed by atoms with Crippen molar-refractivity contribution in [2.45, 2.75) is 12.8 Å². The highest BCUT2D eigenvalue weighted by Crippen LogP contribution is 2.18. The van der Waals surface area contributed by atoms with Crippen molar-refractivity contribution in [2.75, 3.05) is 32.9 Å². The molecule has 1 saturated heterocycles. The van der Waals surface area contributed by atoms with Crippen LogP contribution in [0.3, 0.4) is 0 Å². The van der Waals surface area contributed by atoms with Crippen LogP contribution in [0.1, 0.15) is 12.8 Å². The van der Waals surface area contributed by atoms with Crippen molar-refractivity contribution in [3.05, 3.63) is 12.0 Å². The van der Waals surface area contributed by atoms with Gasteiger partial charge in [-0.3, -0.25) is 4.79 Å². The molecule has 0 spiro atoms. The maximum Gasteiger partial charge on any atom is 0.292 e. The Labute approximate surface area is 94.6 Å². The number of likely N-dealkylation sites (tertiary alicyclic amines) is 1. The van der Waals surface area contributed by atoms with Crippen LogP contribution >= 0.6 is 0 Å². The Hall–Kier alpha value is -1.23. The molecule has 0 aromatic heterocycles. The molecule has 90 valence electrons. The molecule has 1 atom stereocenters. The number of aliphatic hydroxyl groups excluding tert-OH is 1. The maximum absolute atomic E-state index is 12.0. The Bertz CT molecular complexity index is 290. The van der Waals surface area contributed by atoms with Crippen LogP contribution in [0.2, 0.25) is 0 Å². The summed E-state index contributed by atoms with van der Waals surface area (Å²) in [5.41, 5.74) is 0. The average molecular weight is 227 g/mol. The maximum atomic E-state index is 12.0. The number of aliphatic hydroxyl groups is 1. The fourth-order valence-corrected chi connectivity index (χ4v) is 2.03.